The molecule has 1 aromatic rings. The van der Waals surface area contributed by atoms with Crippen LogP contribution >= 0.6 is 15.9 Å². The van der Waals surface area contributed by atoms with Gasteiger partial charge in [0.1, 0.15) is 5.75 Å². The Labute approximate surface area is 111 Å². The Bertz CT molecular complexity index is 340. The van der Waals surface area contributed by atoms with Crippen LogP contribution in [0.3, 0.4) is 0 Å². The molecule has 0 heterocycles. The highest BCUT2D eigenvalue weighted by Crippen LogP contribution is 2.23. The molecule has 1 aromatic carbocycles. The lowest BCUT2D eigenvalue weighted by Crippen LogP contribution is -2.31. The second kappa shape index (κ2) is 7.69. The molecular weight excluding hydrogens is 282 g/mol. The van der Waals surface area contributed by atoms with Gasteiger partial charge in [-0.25, -0.2) is 0 Å². The zero-order valence-corrected chi connectivity index (χ0v) is 12.0. The third-order valence-electron chi connectivity index (χ3n) is 2.62. The molecule has 17 heavy (non-hydrogen) atoms. The molecule has 0 aliphatic rings. The lowest BCUT2D eigenvalue weighted by Gasteiger charge is -2.16. The van der Waals surface area contributed by atoms with Crippen LogP contribution in [0.1, 0.15) is 25.8 Å². The smallest absolute Gasteiger partial charge is 0.123 e. The lowest BCUT2D eigenvalue weighted by molar-refractivity contribution is 0.237. The highest BCUT2D eigenvalue weighted by molar-refractivity contribution is 9.10. The molecular formula is C13H20BrNO2. The predicted molar refractivity (Wildman–Crippen MR) is 73.3 cm³/mol. The monoisotopic (exact) mass is 301 g/mol. The van der Waals surface area contributed by atoms with E-state index in [1.807, 2.05) is 25.1 Å². The maximum atomic E-state index is 9.13. The van der Waals surface area contributed by atoms with E-state index < -0.39 is 0 Å². The van der Waals surface area contributed by atoms with Crippen molar-refractivity contribution in [3.8, 4) is 5.75 Å². The summed E-state index contributed by atoms with van der Waals surface area (Å²) in [7, 11) is 0. The van der Waals surface area contributed by atoms with Crippen molar-refractivity contribution in [3.05, 3.63) is 28.2 Å². The van der Waals surface area contributed by atoms with Crippen LogP contribution in [-0.2, 0) is 6.54 Å². The number of nitrogens with one attached hydrogen (secondary N) is 1. The van der Waals surface area contributed by atoms with E-state index in [0.29, 0.717) is 13.2 Å². The molecule has 2 N–H and O–H groups in total. The van der Waals surface area contributed by atoms with Gasteiger partial charge >= 0.3 is 0 Å². The summed E-state index contributed by atoms with van der Waals surface area (Å²) in [6.45, 7) is 5.55. The fourth-order valence-corrected chi connectivity index (χ4v) is 1.98. The largest absolute Gasteiger partial charge is 0.494 e. The van der Waals surface area contributed by atoms with Crippen molar-refractivity contribution in [1.29, 1.82) is 0 Å². The fourth-order valence-electron chi connectivity index (χ4n) is 1.57. The summed E-state index contributed by atoms with van der Waals surface area (Å²) in [6, 6.07) is 6.12. The normalized spacial score (nSPS) is 12.5. The second-order valence-corrected chi connectivity index (χ2v) is 4.77. The van der Waals surface area contributed by atoms with Crippen molar-refractivity contribution in [3.63, 3.8) is 0 Å². The molecule has 0 aromatic heterocycles. The summed E-state index contributed by atoms with van der Waals surface area (Å²) in [5, 5.41) is 12.4. The number of halogens is 1. The summed E-state index contributed by atoms with van der Waals surface area (Å²) in [6.07, 6.45) is 0.911. The Morgan fingerprint density at radius 1 is 1.41 bits per heavy atom. The van der Waals surface area contributed by atoms with Gasteiger partial charge in [-0.2, -0.15) is 0 Å². The topological polar surface area (TPSA) is 41.5 Å². The van der Waals surface area contributed by atoms with Gasteiger partial charge in [0, 0.05) is 22.6 Å². The standard InChI is InChI=1S/C13H20BrNO2/c1-3-12(9-16)15-8-10-7-11(14)5-6-13(10)17-4-2/h5-7,12,15-16H,3-4,8-9H2,1-2H3. The molecule has 0 saturated carbocycles. The van der Waals surface area contributed by atoms with Gasteiger partial charge in [-0.3, -0.25) is 0 Å². The van der Waals surface area contributed by atoms with E-state index in [1.165, 1.54) is 0 Å². The molecule has 1 rings (SSSR count). The first-order valence-corrected chi connectivity index (χ1v) is 6.76. The first-order valence-electron chi connectivity index (χ1n) is 5.96. The number of hydrogen-bond donors (Lipinski definition) is 2. The number of aliphatic hydroxyl groups is 1. The zero-order valence-electron chi connectivity index (χ0n) is 10.4. The van der Waals surface area contributed by atoms with Gasteiger partial charge in [-0.05, 0) is 31.5 Å². The molecule has 1 atom stereocenters. The lowest BCUT2D eigenvalue weighted by atomic mass is 10.1. The summed E-state index contributed by atoms with van der Waals surface area (Å²) in [5.74, 6) is 0.899. The van der Waals surface area contributed by atoms with Gasteiger partial charge in [-0.15, -0.1) is 0 Å². The summed E-state index contributed by atoms with van der Waals surface area (Å²) in [4.78, 5) is 0. The molecule has 0 saturated heterocycles. The Kier molecular flexibility index (Phi) is 6.55. The third-order valence-corrected chi connectivity index (χ3v) is 3.11. The Balaban J connectivity index is 2.70. The van der Waals surface area contributed by atoms with Crippen LogP contribution in [-0.4, -0.2) is 24.4 Å². The minimum absolute atomic E-state index is 0.142. The third kappa shape index (κ3) is 4.66. The van der Waals surface area contributed by atoms with E-state index in [4.69, 9.17) is 9.84 Å². The SMILES string of the molecule is CCOc1ccc(Br)cc1CNC(CC)CO. The Hall–Kier alpha value is -0.580. The number of benzene rings is 1. The average molecular weight is 302 g/mol. The molecule has 96 valence electrons. The van der Waals surface area contributed by atoms with E-state index in [-0.39, 0.29) is 12.6 Å². The van der Waals surface area contributed by atoms with Gasteiger partial charge in [0.2, 0.25) is 0 Å². The second-order valence-electron chi connectivity index (χ2n) is 3.85. The Morgan fingerprint density at radius 3 is 2.76 bits per heavy atom. The maximum absolute atomic E-state index is 9.13. The first-order chi connectivity index (χ1) is 8.21. The number of hydrogen-bond acceptors (Lipinski definition) is 3. The van der Waals surface area contributed by atoms with Crippen LogP contribution in [0.25, 0.3) is 0 Å². The van der Waals surface area contributed by atoms with Crippen molar-refractivity contribution in [1.82, 2.24) is 5.32 Å². The molecule has 4 heteroatoms. The molecule has 0 fully saturated rings. The van der Waals surface area contributed by atoms with Crippen LogP contribution < -0.4 is 10.1 Å². The van der Waals surface area contributed by atoms with E-state index in [2.05, 4.69) is 28.2 Å². The predicted octanol–water partition coefficient (Wildman–Crippen LogP) is 2.71. The molecule has 0 bridgehead atoms. The van der Waals surface area contributed by atoms with Crippen molar-refractivity contribution >= 4 is 15.9 Å². The highest BCUT2D eigenvalue weighted by atomic mass is 79.9. The number of rotatable bonds is 7. The summed E-state index contributed by atoms with van der Waals surface area (Å²) < 4.78 is 6.61. The van der Waals surface area contributed by atoms with Crippen molar-refractivity contribution in [2.24, 2.45) is 0 Å². The molecule has 0 amide bonds. The number of aliphatic hydroxyl groups excluding tert-OH is 1. The molecule has 1 unspecified atom stereocenters. The van der Waals surface area contributed by atoms with Crippen LogP contribution in [0, 0.1) is 0 Å². The van der Waals surface area contributed by atoms with E-state index in [0.717, 1.165) is 22.2 Å². The Morgan fingerprint density at radius 2 is 2.18 bits per heavy atom. The average Bonchev–Trinajstić information content (AvgIpc) is 2.34. The van der Waals surface area contributed by atoms with Gasteiger partial charge in [0.15, 0.2) is 0 Å². The summed E-state index contributed by atoms with van der Waals surface area (Å²) in [5.41, 5.74) is 1.10. The van der Waals surface area contributed by atoms with Gasteiger partial charge in [-0.1, -0.05) is 22.9 Å². The van der Waals surface area contributed by atoms with Crippen LogP contribution in [0.4, 0.5) is 0 Å². The fraction of sp³-hybridized carbons (Fsp3) is 0.538. The minimum atomic E-state index is 0.142. The maximum Gasteiger partial charge on any atom is 0.123 e. The van der Waals surface area contributed by atoms with Gasteiger partial charge in [0.05, 0.1) is 13.2 Å². The van der Waals surface area contributed by atoms with Crippen molar-refractivity contribution in [2.45, 2.75) is 32.9 Å². The first kappa shape index (κ1) is 14.5. The molecule has 0 aliphatic carbocycles. The quantitative estimate of drug-likeness (QED) is 0.814. The van der Waals surface area contributed by atoms with Crippen LogP contribution in [0.2, 0.25) is 0 Å². The molecule has 0 aliphatic heterocycles. The molecule has 0 spiro atoms. The van der Waals surface area contributed by atoms with Crippen LogP contribution in [0.5, 0.6) is 5.75 Å². The zero-order chi connectivity index (χ0) is 12.7. The summed E-state index contributed by atoms with van der Waals surface area (Å²) >= 11 is 3.46. The van der Waals surface area contributed by atoms with Gasteiger partial charge < -0.3 is 15.2 Å². The van der Waals surface area contributed by atoms with Gasteiger partial charge in [0.25, 0.3) is 0 Å². The van der Waals surface area contributed by atoms with Crippen molar-refractivity contribution in [2.75, 3.05) is 13.2 Å². The minimum Gasteiger partial charge on any atom is -0.494 e. The highest BCUT2D eigenvalue weighted by Gasteiger charge is 2.07. The molecule has 3 nitrogen and oxygen atoms in total. The molecule has 0 radical (unpaired) electrons. The van der Waals surface area contributed by atoms with Crippen LogP contribution in [0.15, 0.2) is 22.7 Å². The van der Waals surface area contributed by atoms with Crippen molar-refractivity contribution < 1.29 is 9.84 Å². The van der Waals surface area contributed by atoms with E-state index in [9.17, 15) is 0 Å². The van der Waals surface area contributed by atoms with E-state index >= 15 is 0 Å². The van der Waals surface area contributed by atoms with E-state index in [1.54, 1.807) is 0 Å². The number of ether oxygens (including phenoxy) is 1.